The van der Waals surface area contributed by atoms with Gasteiger partial charge in [-0.15, -0.1) is 0 Å². The highest BCUT2D eigenvalue weighted by molar-refractivity contribution is 6.00. The van der Waals surface area contributed by atoms with Crippen molar-refractivity contribution in [3.63, 3.8) is 0 Å². The Labute approximate surface area is 172 Å². The van der Waals surface area contributed by atoms with Gasteiger partial charge >= 0.3 is 5.69 Å². The quantitative estimate of drug-likeness (QED) is 0.551. The monoisotopic (exact) mass is 403 g/mol. The average molecular weight is 404 g/mol. The average Bonchev–Trinajstić information content (AvgIpc) is 2.70. The van der Waals surface area contributed by atoms with Crippen molar-refractivity contribution in [1.82, 2.24) is 10.3 Å². The zero-order valence-corrected chi connectivity index (χ0v) is 17.7. The molecule has 1 aromatic heterocycles. The lowest BCUT2D eigenvalue weighted by Crippen LogP contribution is -2.40. The molecule has 0 atom stereocenters. The summed E-state index contributed by atoms with van der Waals surface area (Å²) in [5.41, 5.74) is 0.162. The van der Waals surface area contributed by atoms with Gasteiger partial charge in [-0.2, -0.15) is 0 Å². The van der Waals surface area contributed by atoms with Crippen molar-refractivity contribution < 1.29 is 9.72 Å². The fourth-order valence-corrected chi connectivity index (χ4v) is 4.23. The molecule has 8 nitrogen and oxygen atoms in total. The first kappa shape index (κ1) is 21.3. The summed E-state index contributed by atoms with van der Waals surface area (Å²) < 4.78 is 0. The zero-order chi connectivity index (χ0) is 21.0. The summed E-state index contributed by atoms with van der Waals surface area (Å²) in [7, 11) is 0. The van der Waals surface area contributed by atoms with Gasteiger partial charge < -0.3 is 15.5 Å². The fraction of sp³-hybridized carbons (Fsp3) is 0.714. The van der Waals surface area contributed by atoms with E-state index in [0.717, 1.165) is 51.6 Å². The van der Waals surface area contributed by atoms with E-state index < -0.39 is 4.92 Å². The second kappa shape index (κ2) is 9.41. The van der Waals surface area contributed by atoms with Crippen LogP contribution in [0.25, 0.3) is 0 Å². The molecule has 1 aliphatic heterocycles. The Morgan fingerprint density at radius 2 is 1.79 bits per heavy atom. The number of hydrogen-bond donors (Lipinski definition) is 2. The van der Waals surface area contributed by atoms with Crippen molar-refractivity contribution in [3.05, 3.63) is 21.7 Å². The zero-order valence-electron chi connectivity index (χ0n) is 17.7. The third-order valence-corrected chi connectivity index (χ3v) is 6.20. The first-order chi connectivity index (χ1) is 13.9. The molecule has 2 aliphatic rings. The minimum atomic E-state index is -0.466. The van der Waals surface area contributed by atoms with Gasteiger partial charge in [0, 0.05) is 31.7 Å². The number of hydrogen-bond acceptors (Lipinski definition) is 6. The highest BCUT2D eigenvalue weighted by Crippen LogP contribution is 2.32. The van der Waals surface area contributed by atoms with Crippen LogP contribution in [-0.2, 0) is 0 Å². The van der Waals surface area contributed by atoms with Gasteiger partial charge in [0.15, 0.2) is 0 Å². The van der Waals surface area contributed by atoms with Crippen LogP contribution in [-0.4, -0.2) is 41.5 Å². The van der Waals surface area contributed by atoms with Gasteiger partial charge in [0.25, 0.3) is 5.91 Å². The summed E-state index contributed by atoms with van der Waals surface area (Å²) in [4.78, 5) is 31.0. The molecule has 0 radical (unpaired) electrons. The van der Waals surface area contributed by atoms with Crippen molar-refractivity contribution in [2.75, 3.05) is 29.9 Å². The molecule has 1 aromatic rings. The highest BCUT2D eigenvalue weighted by atomic mass is 16.6. The van der Waals surface area contributed by atoms with Crippen LogP contribution in [0.3, 0.4) is 0 Å². The molecule has 0 aromatic carbocycles. The molecule has 1 amide bonds. The third-order valence-electron chi connectivity index (χ3n) is 6.20. The Morgan fingerprint density at radius 3 is 2.38 bits per heavy atom. The van der Waals surface area contributed by atoms with Crippen molar-refractivity contribution in [2.24, 2.45) is 11.8 Å². The summed E-state index contributed by atoms with van der Waals surface area (Å²) in [6.45, 7) is 8.47. The van der Waals surface area contributed by atoms with Gasteiger partial charge in [-0.25, -0.2) is 4.98 Å². The molecule has 2 fully saturated rings. The van der Waals surface area contributed by atoms with E-state index in [1.807, 2.05) is 6.92 Å². The molecule has 0 bridgehead atoms. The fourth-order valence-electron chi connectivity index (χ4n) is 4.23. The van der Waals surface area contributed by atoms with Crippen LogP contribution in [0.4, 0.5) is 17.3 Å². The number of pyridine rings is 1. The number of nitro groups is 1. The molecule has 0 spiro atoms. The van der Waals surface area contributed by atoms with E-state index in [1.165, 1.54) is 6.07 Å². The SMILES string of the molecule is CCNc1nc(N2CCC(C)CC2)c(C(=O)NC2CCC(C)CC2)cc1[N+](=O)[O-]. The number of rotatable bonds is 6. The van der Waals surface area contributed by atoms with E-state index in [4.69, 9.17) is 0 Å². The molecule has 8 heteroatoms. The standard InChI is InChI=1S/C21H33N5O3/c1-4-22-19-18(26(28)29)13-17(20(24-19)25-11-9-15(3)10-12-25)21(27)23-16-7-5-14(2)6-8-16/h13-16H,4-12H2,1-3H3,(H,22,24)(H,23,27). The van der Waals surface area contributed by atoms with E-state index in [2.05, 4.69) is 34.4 Å². The Bertz CT molecular complexity index is 738. The lowest BCUT2D eigenvalue weighted by molar-refractivity contribution is -0.384. The molecule has 0 unspecified atom stereocenters. The van der Waals surface area contributed by atoms with Gasteiger partial charge in [0.1, 0.15) is 5.82 Å². The van der Waals surface area contributed by atoms with Crippen LogP contribution in [0.2, 0.25) is 0 Å². The van der Waals surface area contributed by atoms with Crippen LogP contribution in [0, 0.1) is 22.0 Å². The van der Waals surface area contributed by atoms with Crippen molar-refractivity contribution in [1.29, 1.82) is 0 Å². The number of amides is 1. The van der Waals surface area contributed by atoms with Gasteiger partial charge in [0.2, 0.25) is 5.82 Å². The third kappa shape index (κ3) is 5.16. The molecule has 2 N–H and O–H groups in total. The van der Waals surface area contributed by atoms with Gasteiger partial charge in [-0.05, 0) is 57.3 Å². The summed E-state index contributed by atoms with van der Waals surface area (Å²) in [5, 5.41) is 17.7. The maximum Gasteiger partial charge on any atom is 0.312 e. The number of piperidine rings is 1. The first-order valence-corrected chi connectivity index (χ1v) is 10.9. The van der Waals surface area contributed by atoms with E-state index in [0.29, 0.717) is 29.8 Å². The molecule has 1 saturated heterocycles. The molecule has 160 valence electrons. The summed E-state index contributed by atoms with van der Waals surface area (Å²) in [5.74, 6) is 1.86. The maximum absolute atomic E-state index is 13.1. The second-order valence-corrected chi connectivity index (χ2v) is 8.61. The van der Waals surface area contributed by atoms with Gasteiger partial charge in [-0.1, -0.05) is 13.8 Å². The lowest BCUT2D eigenvalue weighted by Gasteiger charge is -2.33. The maximum atomic E-state index is 13.1. The Balaban J connectivity index is 1.92. The number of carbonyl (C=O) groups excluding carboxylic acids is 1. The van der Waals surface area contributed by atoms with E-state index in [-0.39, 0.29) is 23.5 Å². The van der Waals surface area contributed by atoms with Crippen LogP contribution in [0.5, 0.6) is 0 Å². The minimum absolute atomic E-state index is 0.125. The number of nitrogens with zero attached hydrogens (tertiary/aromatic N) is 3. The molecule has 3 rings (SSSR count). The molecular weight excluding hydrogens is 370 g/mol. The normalized spacial score (nSPS) is 22.9. The smallest absolute Gasteiger partial charge is 0.312 e. The molecule has 1 aliphatic carbocycles. The van der Waals surface area contributed by atoms with E-state index in [9.17, 15) is 14.9 Å². The Kier molecular flexibility index (Phi) is 6.92. The summed E-state index contributed by atoms with van der Waals surface area (Å²) in [6, 6.07) is 1.53. The largest absolute Gasteiger partial charge is 0.365 e. The number of carbonyl (C=O) groups is 1. The molecule has 29 heavy (non-hydrogen) atoms. The lowest BCUT2D eigenvalue weighted by atomic mass is 9.87. The van der Waals surface area contributed by atoms with Gasteiger partial charge in [-0.3, -0.25) is 14.9 Å². The topological polar surface area (TPSA) is 100 Å². The van der Waals surface area contributed by atoms with Crippen LogP contribution in [0.1, 0.15) is 69.7 Å². The molecule has 1 saturated carbocycles. The second-order valence-electron chi connectivity index (χ2n) is 8.61. The van der Waals surface area contributed by atoms with Crippen LogP contribution in [0.15, 0.2) is 6.07 Å². The van der Waals surface area contributed by atoms with Crippen molar-refractivity contribution in [2.45, 2.75) is 65.3 Å². The summed E-state index contributed by atoms with van der Waals surface area (Å²) >= 11 is 0. The molecule has 2 heterocycles. The van der Waals surface area contributed by atoms with Crippen LogP contribution >= 0.6 is 0 Å². The highest BCUT2D eigenvalue weighted by Gasteiger charge is 2.29. The first-order valence-electron chi connectivity index (χ1n) is 10.9. The Morgan fingerprint density at radius 1 is 1.17 bits per heavy atom. The predicted molar refractivity (Wildman–Crippen MR) is 115 cm³/mol. The van der Waals surface area contributed by atoms with E-state index >= 15 is 0 Å². The van der Waals surface area contributed by atoms with Gasteiger partial charge in [0.05, 0.1) is 10.5 Å². The Hall–Kier alpha value is -2.38. The summed E-state index contributed by atoms with van der Waals surface area (Å²) in [6.07, 6.45) is 6.15. The van der Waals surface area contributed by atoms with Crippen LogP contribution < -0.4 is 15.5 Å². The number of nitrogens with one attached hydrogen (secondary N) is 2. The number of aromatic nitrogens is 1. The van der Waals surface area contributed by atoms with Crippen molar-refractivity contribution in [3.8, 4) is 0 Å². The van der Waals surface area contributed by atoms with Crippen molar-refractivity contribution >= 4 is 23.2 Å². The predicted octanol–water partition coefficient (Wildman–Crippen LogP) is 3.97. The minimum Gasteiger partial charge on any atom is -0.365 e. The van der Waals surface area contributed by atoms with E-state index in [1.54, 1.807) is 0 Å². The molecular formula is C21H33N5O3. The number of anilines is 2.